The Kier molecular flexibility index (Phi) is 4.31. The van der Waals surface area contributed by atoms with Crippen LogP contribution in [0.4, 0.5) is 0 Å². The number of nitrogens with zero attached hydrogens (tertiary/aromatic N) is 4. The van der Waals surface area contributed by atoms with Crippen LogP contribution in [-0.2, 0) is 24.4 Å². The second kappa shape index (κ2) is 6.90. The molecule has 3 heterocycles. The van der Waals surface area contributed by atoms with Gasteiger partial charge in [0, 0.05) is 31.0 Å². The van der Waals surface area contributed by atoms with Crippen LogP contribution in [0.3, 0.4) is 0 Å². The molecule has 0 saturated heterocycles. The van der Waals surface area contributed by atoms with Crippen molar-refractivity contribution in [3.8, 4) is 11.3 Å². The predicted molar refractivity (Wildman–Crippen MR) is 90.0 cm³/mol. The first-order valence-electron chi connectivity index (χ1n) is 8.09. The molecule has 0 bridgehead atoms. The third-order valence-corrected chi connectivity index (χ3v) is 4.17. The number of pyridine rings is 1. The molecule has 1 atom stereocenters. The van der Waals surface area contributed by atoms with Gasteiger partial charge in [0.15, 0.2) is 0 Å². The Morgan fingerprint density at radius 2 is 1.96 bits per heavy atom. The quantitative estimate of drug-likeness (QED) is 0.779. The number of hydrogen-bond donors (Lipinski definition) is 1. The molecule has 0 amide bonds. The van der Waals surface area contributed by atoms with Crippen molar-refractivity contribution in [2.45, 2.75) is 25.8 Å². The topological polar surface area (TPSA) is 64.9 Å². The minimum absolute atomic E-state index is 0.102. The van der Waals surface area contributed by atoms with Crippen molar-refractivity contribution in [2.75, 3.05) is 6.54 Å². The summed E-state index contributed by atoms with van der Waals surface area (Å²) in [5.74, 6) is 0. The Hall–Kier alpha value is -2.57. The van der Waals surface area contributed by atoms with E-state index in [1.165, 1.54) is 5.56 Å². The zero-order valence-electron chi connectivity index (χ0n) is 13.3. The van der Waals surface area contributed by atoms with Gasteiger partial charge in [0.05, 0.1) is 24.9 Å². The Morgan fingerprint density at radius 1 is 1.12 bits per heavy atom. The van der Waals surface area contributed by atoms with Crippen LogP contribution >= 0.6 is 0 Å². The molecule has 1 aliphatic heterocycles. The molecule has 0 aliphatic carbocycles. The van der Waals surface area contributed by atoms with Crippen LogP contribution in [0.5, 0.6) is 0 Å². The monoisotopic (exact) mass is 321 g/mol. The van der Waals surface area contributed by atoms with Gasteiger partial charge < -0.3 is 10.1 Å². The lowest BCUT2D eigenvalue weighted by molar-refractivity contribution is 0.00125. The summed E-state index contributed by atoms with van der Waals surface area (Å²) >= 11 is 0. The number of ether oxygens (including phenoxy) is 1. The molecule has 6 nitrogen and oxygen atoms in total. The van der Waals surface area contributed by atoms with Gasteiger partial charge in [0.25, 0.3) is 0 Å². The van der Waals surface area contributed by atoms with E-state index in [2.05, 4.69) is 20.6 Å². The van der Waals surface area contributed by atoms with Crippen molar-refractivity contribution >= 4 is 0 Å². The first kappa shape index (κ1) is 15.0. The van der Waals surface area contributed by atoms with Gasteiger partial charge >= 0.3 is 0 Å². The molecule has 2 aromatic heterocycles. The zero-order chi connectivity index (χ0) is 16.2. The predicted octanol–water partition coefficient (Wildman–Crippen LogP) is 2.03. The fraction of sp³-hybridized carbons (Fsp3) is 0.278. The molecular weight excluding hydrogens is 302 g/mol. The lowest BCUT2D eigenvalue weighted by Crippen LogP contribution is -2.36. The minimum Gasteiger partial charge on any atom is -0.369 e. The molecule has 0 spiro atoms. The first-order chi connectivity index (χ1) is 11.9. The van der Waals surface area contributed by atoms with E-state index in [0.717, 1.165) is 36.6 Å². The highest BCUT2D eigenvalue weighted by Crippen LogP contribution is 2.24. The molecule has 1 aromatic carbocycles. The van der Waals surface area contributed by atoms with E-state index in [1.807, 2.05) is 47.1 Å². The van der Waals surface area contributed by atoms with Crippen molar-refractivity contribution in [3.05, 3.63) is 66.1 Å². The van der Waals surface area contributed by atoms with Crippen LogP contribution in [0.25, 0.3) is 11.3 Å². The van der Waals surface area contributed by atoms with Crippen molar-refractivity contribution in [1.82, 2.24) is 25.3 Å². The molecule has 0 saturated carbocycles. The number of benzene rings is 1. The van der Waals surface area contributed by atoms with Crippen LogP contribution in [0.2, 0.25) is 0 Å². The van der Waals surface area contributed by atoms with E-state index in [1.54, 1.807) is 12.4 Å². The molecule has 1 unspecified atom stereocenters. The maximum absolute atomic E-state index is 5.99. The first-order valence-corrected chi connectivity index (χ1v) is 8.09. The largest absolute Gasteiger partial charge is 0.369 e. The standard InChI is InChI=1S/C18H19N5O/c1-2-4-15(5-3-1)18-17-13-24-16(12-23(17)22-21-18)11-20-10-14-6-8-19-9-7-14/h1-9,16,20H,10-13H2. The van der Waals surface area contributed by atoms with Crippen molar-refractivity contribution < 1.29 is 4.74 Å². The molecule has 0 radical (unpaired) electrons. The molecule has 1 aliphatic rings. The van der Waals surface area contributed by atoms with E-state index in [4.69, 9.17) is 4.74 Å². The maximum atomic E-state index is 5.99. The summed E-state index contributed by atoms with van der Waals surface area (Å²) in [5, 5.41) is 12.1. The number of rotatable bonds is 5. The molecule has 6 heteroatoms. The van der Waals surface area contributed by atoms with E-state index in [-0.39, 0.29) is 6.10 Å². The highest BCUT2D eigenvalue weighted by Gasteiger charge is 2.23. The second-order valence-electron chi connectivity index (χ2n) is 5.85. The fourth-order valence-corrected chi connectivity index (χ4v) is 2.89. The summed E-state index contributed by atoms with van der Waals surface area (Å²) in [4.78, 5) is 4.02. The number of hydrogen-bond acceptors (Lipinski definition) is 5. The smallest absolute Gasteiger partial charge is 0.118 e. The summed E-state index contributed by atoms with van der Waals surface area (Å²) < 4.78 is 7.95. The Morgan fingerprint density at radius 3 is 2.79 bits per heavy atom. The SMILES string of the molecule is c1ccc(-c2nnn3c2COC(CNCc2ccncc2)C3)cc1. The molecule has 1 N–H and O–H groups in total. The van der Waals surface area contributed by atoms with Gasteiger partial charge in [0.2, 0.25) is 0 Å². The van der Waals surface area contributed by atoms with Crippen molar-refractivity contribution in [3.63, 3.8) is 0 Å². The van der Waals surface area contributed by atoms with Gasteiger partial charge in [-0.05, 0) is 17.7 Å². The summed E-state index contributed by atoms with van der Waals surface area (Å²) in [7, 11) is 0. The number of nitrogens with one attached hydrogen (secondary N) is 1. The highest BCUT2D eigenvalue weighted by molar-refractivity contribution is 5.61. The normalized spacial score (nSPS) is 16.8. The molecule has 0 fully saturated rings. The van der Waals surface area contributed by atoms with Gasteiger partial charge in [-0.25, -0.2) is 4.68 Å². The van der Waals surface area contributed by atoms with Crippen LogP contribution in [0, 0.1) is 0 Å². The summed E-state index contributed by atoms with van der Waals surface area (Å²) in [6.07, 6.45) is 3.71. The van der Waals surface area contributed by atoms with Crippen LogP contribution in [0.1, 0.15) is 11.3 Å². The lowest BCUT2D eigenvalue weighted by atomic mass is 10.1. The lowest BCUT2D eigenvalue weighted by Gasteiger charge is -2.24. The van der Waals surface area contributed by atoms with Crippen molar-refractivity contribution in [1.29, 1.82) is 0 Å². The van der Waals surface area contributed by atoms with Gasteiger partial charge in [-0.15, -0.1) is 5.10 Å². The second-order valence-corrected chi connectivity index (χ2v) is 5.85. The fourth-order valence-electron chi connectivity index (χ4n) is 2.89. The van der Waals surface area contributed by atoms with Gasteiger partial charge in [-0.1, -0.05) is 35.5 Å². The van der Waals surface area contributed by atoms with E-state index in [0.29, 0.717) is 6.61 Å². The minimum atomic E-state index is 0.102. The molecular formula is C18H19N5O. The third kappa shape index (κ3) is 3.20. The van der Waals surface area contributed by atoms with E-state index >= 15 is 0 Å². The summed E-state index contributed by atoms with van der Waals surface area (Å²) in [6, 6.07) is 14.1. The summed E-state index contributed by atoms with van der Waals surface area (Å²) in [5.41, 5.74) is 4.26. The molecule has 3 aromatic rings. The van der Waals surface area contributed by atoms with Crippen LogP contribution < -0.4 is 5.32 Å². The average molecular weight is 321 g/mol. The van der Waals surface area contributed by atoms with Crippen molar-refractivity contribution in [2.24, 2.45) is 0 Å². The Balaban J connectivity index is 1.37. The molecule has 24 heavy (non-hydrogen) atoms. The molecule has 4 rings (SSSR count). The van der Waals surface area contributed by atoms with E-state index in [9.17, 15) is 0 Å². The Labute approximate surface area is 140 Å². The summed E-state index contributed by atoms with van der Waals surface area (Å²) in [6.45, 7) is 2.85. The number of fused-ring (bicyclic) bond motifs is 1. The Bertz CT molecular complexity index is 788. The maximum Gasteiger partial charge on any atom is 0.118 e. The van der Waals surface area contributed by atoms with Crippen LogP contribution in [-0.4, -0.2) is 32.6 Å². The average Bonchev–Trinajstić information content (AvgIpc) is 3.07. The van der Waals surface area contributed by atoms with Crippen LogP contribution in [0.15, 0.2) is 54.9 Å². The van der Waals surface area contributed by atoms with Gasteiger partial charge in [-0.3, -0.25) is 4.98 Å². The zero-order valence-corrected chi connectivity index (χ0v) is 13.3. The molecule has 122 valence electrons. The van der Waals surface area contributed by atoms with Gasteiger partial charge in [0.1, 0.15) is 5.69 Å². The van der Waals surface area contributed by atoms with Gasteiger partial charge in [-0.2, -0.15) is 0 Å². The van der Waals surface area contributed by atoms with E-state index < -0.39 is 0 Å². The number of aromatic nitrogens is 4. The third-order valence-electron chi connectivity index (χ3n) is 4.17. The highest BCUT2D eigenvalue weighted by atomic mass is 16.5.